The van der Waals surface area contributed by atoms with Crippen LogP contribution >= 0.6 is 0 Å². The van der Waals surface area contributed by atoms with Gasteiger partial charge in [0, 0.05) is 6.20 Å². The van der Waals surface area contributed by atoms with Crippen LogP contribution in [0, 0.1) is 17.3 Å². The van der Waals surface area contributed by atoms with Gasteiger partial charge in [0.05, 0.1) is 11.6 Å². The molecule has 1 heterocycles. The Morgan fingerprint density at radius 2 is 2.00 bits per heavy atom. The maximum absolute atomic E-state index is 13.3. The molecule has 0 radical (unpaired) electrons. The van der Waals surface area contributed by atoms with E-state index in [1.165, 1.54) is 18.3 Å². The number of pyridine rings is 1. The Morgan fingerprint density at radius 3 is 2.63 bits per heavy atom. The summed E-state index contributed by atoms with van der Waals surface area (Å²) in [5, 5.41) is 11.5. The molecule has 5 heteroatoms. The largest absolute Gasteiger partial charge is 0.332 e. The van der Waals surface area contributed by atoms with Crippen LogP contribution in [-0.4, -0.2) is 10.9 Å². The van der Waals surface area contributed by atoms with Crippen LogP contribution in [0.3, 0.4) is 0 Å². The minimum atomic E-state index is -0.857. The van der Waals surface area contributed by atoms with Crippen LogP contribution in [0.15, 0.2) is 48.7 Å². The summed E-state index contributed by atoms with van der Waals surface area (Å²) in [5.74, 6) is -1.52. The maximum Gasteiger partial charge on any atom is 0.257 e. The predicted molar refractivity (Wildman–Crippen MR) is 66.5 cm³/mol. The molecule has 0 bridgehead atoms. The first-order valence-electron chi connectivity index (χ1n) is 5.58. The molecular formula is C14H10FN3O. The molecule has 0 aliphatic heterocycles. The number of halogens is 1. The van der Waals surface area contributed by atoms with E-state index in [2.05, 4.69) is 10.3 Å². The normalized spacial score (nSPS) is 11.4. The second-order valence-electron chi connectivity index (χ2n) is 3.79. The third kappa shape index (κ3) is 2.93. The Hall–Kier alpha value is -2.74. The van der Waals surface area contributed by atoms with Gasteiger partial charge in [-0.25, -0.2) is 4.98 Å². The zero-order chi connectivity index (χ0) is 13.7. The Morgan fingerprint density at radius 1 is 1.26 bits per heavy atom. The van der Waals surface area contributed by atoms with Crippen LogP contribution in [0.2, 0.25) is 0 Å². The zero-order valence-electron chi connectivity index (χ0n) is 9.88. The molecule has 94 valence electrons. The summed E-state index contributed by atoms with van der Waals surface area (Å²) < 4.78 is 13.3. The fourth-order valence-corrected chi connectivity index (χ4v) is 1.60. The SMILES string of the molecule is N#CC(NC(=O)c1cccnc1F)c1ccccc1. The number of nitrogens with zero attached hydrogens (tertiary/aromatic N) is 2. The lowest BCUT2D eigenvalue weighted by atomic mass is 10.1. The lowest BCUT2D eigenvalue weighted by Gasteiger charge is -2.11. The molecule has 1 amide bonds. The van der Waals surface area contributed by atoms with Crippen molar-refractivity contribution in [2.24, 2.45) is 0 Å². The monoisotopic (exact) mass is 255 g/mol. The van der Waals surface area contributed by atoms with Crippen molar-refractivity contribution in [2.75, 3.05) is 0 Å². The van der Waals surface area contributed by atoms with Crippen molar-refractivity contribution in [1.82, 2.24) is 10.3 Å². The van der Waals surface area contributed by atoms with E-state index in [0.717, 1.165) is 0 Å². The maximum atomic E-state index is 13.3. The lowest BCUT2D eigenvalue weighted by Crippen LogP contribution is -2.28. The number of carbonyl (C=O) groups excluding carboxylic acids is 1. The van der Waals surface area contributed by atoms with E-state index in [1.54, 1.807) is 30.3 Å². The fourth-order valence-electron chi connectivity index (χ4n) is 1.60. The van der Waals surface area contributed by atoms with Gasteiger partial charge < -0.3 is 5.32 Å². The third-order valence-corrected chi connectivity index (χ3v) is 2.54. The van der Waals surface area contributed by atoms with Gasteiger partial charge in [0.25, 0.3) is 5.91 Å². The summed E-state index contributed by atoms with van der Waals surface area (Å²) in [4.78, 5) is 15.3. The highest BCUT2D eigenvalue weighted by atomic mass is 19.1. The highest BCUT2D eigenvalue weighted by Gasteiger charge is 2.17. The Labute approximate surface area is 109 Å². The van der Waals surface area contributed by atoms with Crippen LogP contribution in [0.25, 0.3) is 0 Å². The van der Waals surface area contributed by atoms with Gasteiger partial charge in [0.2, 0.25) is 5.95 Å². The molecule has 1 unspecified atom stereocenters. The molecule has 0 aliphatic carbocycles. The summed E-state index contributed by atoms with van der Waals surface area (Å²) in [6.07, 6.45) is 1.26. The standard InChI is InChI=1S/C14H10FN3O/c15-13-11(7-4-8-17-13)14(19)18-12(9-16)10-5-2-1-3-6-10/h1-8,12H,(H,18,19). The lowest BCUT2D eigenvalue weighted by molar-refractivity contribution is 0.0940. The molecule has 2 rings (SSSR count). The smallest absolute Gasteiger partial charge is 0.257 e. The third-order valence-electron chi connectivity index (χ3n) is 2.54. The number of nitrogens with one attached hydrogen (secondary N) is 1. The predicted octanol–water partition coefficient (Wildman–Crippen LogP) is 2.22. The van der Waals surface area contributed by atoms with Gasteiger partial charge in [0.15, 0.2) is 0 Å². The van der Waals surface area contributed by atoms with Gasteiger partial charge in [-0.05, 0) is 17.7 Å². The number of benzene rings is 1. The molecule has 0 aliphatic rings. The highest BCUT2D eigenvalue weighted by molar-refractivity contribution is 5.94. The van der Waals surface area contributed by atoms with E-state index in [4.69, 9.17) is 5.26 Å². The molecule has 1 N–H and O–H groups in total. The Bertz CT molecular complexity index is 622. The Kier molecular flexibility index (Phi) is 3.84. The molecular weight excluding hydrogens is 245 g/mol. The minimum absolute atomic E-state index is 0.182. The molecule has 4 nitrogen and oxygen atoms in total. The first kappa shape index (κ1) is 12.7. The van der Waals surface area contributed by atoms with Crippen LogP contribution < -0.4 is 5.32 Å². The molecule has 1 atom stereocenters. The van der Waals surface area contributed by atoms with Crippen molar-refractivity contribution in [1.29, 1.82) is 5.26 Å². The van der Waals surface area contributed by atoms with Crippen LogP contribution in [0.4, 0.5) is 4.39 Å². The number of amides is 1. The quantitative estimate of drug-likeness (QED) is 0.855. The van der Waals surface area contributed by atoms with E-state index in [1.807, 2.05) is 6.07 Å². The summed E-state index contributed by atoms with van der Waals surface area (Å²) in [6.45, 7) is 0. The van der Waals surface area contributed by atoms with Gasteiger partial charge in [-0.3, -0.25) is 4.79 Å². The summed E-state index contributed by atoms with van der Waals surface area (Å²) in [6, 6.07) is 12.7. The summed E-state index contributed by atoms with van der Waals surface area (Å²) in [7, 11) is 0. The average Bonchev–Trinajstić information content (AvgIpc) is 2.46. The van der Waals surface area contributed by atoms with E-state index in [-0.39, 0.29) is 5.56 Å². The van der Waals surface area contributed by atoms with Gasteiger partial charge in [-0.2, -0.15) is 9.65 Å². The van der Waals surface area contributed by atoms with Gasteiger partial charge in [0.1, 0.15) is 6.04 Å². The van der Waals surface area contributed by atoms with Crippen molar-refractivity contribution < 1.29 is 9.18 Å². The van der Waals surface area contributed by atoms with E-state index >= 15 is 0 Å². The van der Waals surface area contributed by atoms with Gasteiger partial charge >= 0.3 is 0 Å². The van der Waals surface area contributed by atoms with Gasteiger partial charge in [-0.1, -0.05) is 30.3 Å². The van der Waals surface area contributed by atoms with E-state index in [0.29, 0.717) is 5.56 Å². The highest BCUT2D eigenvalue weighted by Crippen LogP contribution is 2.13. The number of nitriles is 1. The molecule has 19 heavy (non-hydrogen) atoms. The zero-order valence-corrected chi connectivity index (χ0v) is 9.88. The molecule has 0 spiro atoms. The topological polar surface area (TPSA) is 65.8 Å². The minimum Gasteiger partial charge on any atom is -0.332 e. The van der Waals surface area contributed by atoms with Crippen molar-refractivity contribution >= 4 is 5.91 Å². The van der Waals surface area contributed by atoms with Crippen LogP contribution in [-0.2, 0) is 0 Å². The molecule has 2 aromatic rings. The molecule has 1 aromatic heterocycles. The summed E-state index contributed by atoms with van der Waals surface area (Å²) >= 11 is 0. The van der Waals surface area contributed by atoms with Crippen molar-refractivity contribution in [2.45, 2.75) is 6.04 Å². The van der Waals surface area contributed by atoms with Crippen LogP contribution in [0.5, 0.6) is 0 Å². The molecule has 0 saturated heterocycles. The van der Waals surface area contributed by atoms with Crippen molar-refractivity contribution in [3.63, 3.8) is 0 Å². The second kappa shape index (κ2) is 5.74. The number of hydrogen-bond acceptors (Lipinski definition) is 3. The van der Waals surface area contributed by atoms with Crippen molar-refractivity contribution in [3.8, 4) is 6.07 Å². The average molecular weight is 255 g/mol. The molecule has 0 fully saturated rings. The van der Waals surface area contributed by atoms with E-state index in [9.17, 15) is 9.18 Å². The van der Waals surface area contributed by atoms with Crippen LogP contribution in [0.1, 0.15) is 22.0 Å². The Balaban J connectivity index is 2.19. The first-order chi connectivity index (χ1) is 9.22. The molecule has 0 saturated carbocycles. The number of hydrogen-bond donors (Lipinski definition) is 1. The summed E-state index contributed by atoms with van der Waals surface area (Å²) in [5.41, 5.74) is 0.460. The second-order valence-corrected chi connectivity index (χ2v) is 3.79. The fraction of sp³-hybridized carbons (Fsp3) is 0.0714. The number of aromatic nitrogens is 1. The number of rotatable bonds is 3. The molecule has 1 aromatic carbocycles. The number of carbonyl (C=O) groups is 1. The van der Waals surface area contributed by atoms with Crippen molar-refractivity contribution in [3.05, 3.63) is 65.7 Å². The van der Waals surface area contributed by atoms with E-state index < -0.39 is 17.9 Å². The van der Waals surface area contributed by atoms with Gasteiger partial charge in [-0.15, -0.1) is 0 Å². The first-order valence-corrected chi connectivity index (χ1v) is 5.58.